The van der Waals surface area contributed by atoms with Crippen LogP contribution in [0.15, 0.2) is 23.3 Å². The summed E-state index contributed by atoms with van der Waals surface area (Å²) in [6, 6.07) is 0. The molecule has 1 saturated heterocycles. The molecule has 4 fully saturated rings. The lowest BCUT2D eigenvalue weighted by Crippen LogP contribution is -2.57. The lowest BCUT2D eigenvalue weighted by Gasteiger charge is -2.59. The molecule has 0 radical (unpaired) electrons. The summed E-state index contributed by atoms with van der Waals surface area (Å²) in [5.74, 6) is 1.46. The lowest BCUT2D eigenvalue weighted by atomic mass is 9.45. The van der Waals surface area contributed by atoms with Crippen LogP contribution in [0.25, 0.3) is 0 Å². The SMILES string of the molecule is C[C@]12CC[C@@H]3[C@@]45CC[C@H](O)C[C@@H]4CC[C@@]3(OC5)C1=CC[C@@H]2C1=CC(=O)OC1. The van der Waals surface area contributed by atoms with Crippen LogP contribution in [0.3, 0.4) is 0 Å². The van der Waals surface area contributed by atoms with Crippen molar-refractivity contribution in [3.63, 3.8) is 0 Å². The fraction of sp³-hybridized carbons (Fsp3) is 0.783. The maximum Gasteiger partial charge on any atom is 0.331 e. The molecule has 1 N–H and O–H groups in total. The van der Waals surface area contributed by atoms with Gasteiger partial charge in [-0.15, -0.1) is 0 Å². The molecule has 2 heterocycles. The third-order valence-electron chi connectivity index (χ3n) is 9.51. The first-order chi connectivity index (χ1) is 13.0. The van der Waals surface area contributed by atoms with Crippen LogP contribution in [0.1, 0.15) is 58.3 Å². The summed E-state index contributed by atoms with van der Waals surface area (Å²) in [4.78, 5) is 11.7. The van der Waals surface area contributed by atoms with Crippen LogP contribution in [0, 0.1) is 28.6 Å². The Morgan fingerprint density at radius 3 is 2.89 bits per heavy atom. The molecule has 0 aromatic carbocycles. The smallest absolute Gasteiger partial charge is 0.331 e. The van der Waals surface area contributed by atoms with Gasteiger partial charge in [0.2, 0.25) is 0 Å². The minimum absolute atomic E-state index is 0.0788. The fourth-order valence-corrected chi connectivity index (χ4v) is 8.34. The van der Waals surface area contributed by atoms with E-state index in [4.69, 9.17) is 9.47 Å². The summed E-state index contributed by atoms with van der Waals surface area (Å²) >= 11 is 0. The van der Waals surface area contributed by atoms with Crippen LogP contribution >= 0.6 is 0 Å². The largest absolute Gasteiger partial charge is 0.458 e. The minimum atomic E-state index is -0.175. The second kappa shape index (κ2) is 5.27. The van der Waals surface area contributed by atoms with Gasteiger partial charge in [0.15, 0.2) is 0 Å². The highest BCUT2D eigenvalue weighted by Crippen LogP contribution is 2.72. The Labute approximate surface area is 161 Å². The predicted molar refractivity (Wildman–Crippen MR) is 99.8 cm³/mol. The average molecular weight is 370 g/mol. The number of hydrogen-bond acceptors (Lipinski definition) is 4. The van der Waals surface area contributed by atoms with Gasteiger partial charge in [-0.3, -0.25) is 0 Å². The van der Waals surface area contributed by atoms with E-state index in [9.17, 15) is 9.90 Å². The van der Waals surface area contributed by atoms with E-state index in [1.165, 1.54) is 30.4 Å². The molecule has 0 aromatic rings. The molecule has 0 aromatic heterocycles. The molecule has 146 valence electrons. The van der Waals surface area contributed by atoms with Crippen LogP contribution in [0.2, 0.25) is 0 Å². The third kappa shape index (κ3) is 1.94. The van der Waals surface area contributed by atoms with Gasteiger partial charge in [-0.1, -0.05) is 13.0 Å². The number of carbonyl (C=O) groups is 1. The molecule has 3 saturated carbocycles. The highest BCUT2D eigenvalue weighted by molar-refractivity contribution is 5.85. The Morgan fingerprint density at radius 1 is 1.19 bits per heavy atom. The van der Waals surface area contributed by atoms with Crippen LogP contribution in [0.5, 0.6) is 0 Å². The zero-order valence-electron chi connectivity index (χ0n) is 16.2. The summed E-state index contributed by atoms with van der Waals surface area (Å²) < 4.78 is 12.0. The summed E-state index contributed by atoms with van der Waals surface area (Å²) in [6.07, 6.45) is 12.9. The number of rotatable bonds is 1. The monoisotopic (exact) mass is 370 g/mol. The van der Waals surface area contributed by atoms with E-state index in [0.717, 1.165) is 38.7 Å². The van der Waals surface area contributed by atoms with Crippen LogP contribution < -0.4 is 0 Å². The number of cyclic esters (lactones) is 1. The normalized spacial score (nSPS) is 53.2. The van der Waals surface area contributed by atoms with Gasteiger partial charge in [-0.25, -0.2) is 4.79 Å². The topological polar surface area (TPSA) is 55.8 Å². The molecule has 4 nitrogen and oxygen atoms in total. The van der Waals surface area contributed by atoms with E-state index >= 15 is 0 Å². The van der Waals surface area contributed by atoms with Gasteiger partial charge in [0.05, 0.1) is 18.3 Å². The van der Waals surface area contributed by atoms with Gasteiger partial charge < -0.3 is 14.6 Å². The molecule has 2 aliphatic heterocycles. The van der Waals surface area contributed by atoms with E-state index in [1.807, 2.05) is 0 Å². The molecule has 6 aliphatic rings. The molecular weight excluding hydrogens is 340 g/mol. The third-order valence-corrected chi connectivity index (χ3v) is 9.51. The van der Waals surface area contributed by atoms with Gasteiger partial charge >= 0.3 is 5.97 Å². The highest BCUT2D eigenvalue weighted by Gasteiger charge is 2.70. The second-order valence-electron chi connectivity index (χ2n) is 10.3. The standard InChI is InChI=1S/C23H30O4/c1-21-7-6-19-22-8-5-16(24)11-15(22)4-9-23(19,27-13-22)18(21)3-2-17(21)14-10-20(25)26-12-14/h3,10,15-17,19,24H,2,4-9,11-13H2,1H3/t15-,16-,17+,19+,21+,22+,23+/m0/s1. The fourth-order valence-electron chi connectivity index (χ4n) is 8.34. The number of carbonyl (C=O) groups excluding carboxylic acids is 1. The summed E-state index contributed by atoms with van der Waals surface area (Å²) in [5.41, 5.74) is 3.04. The molecule has 7 atom stereocenters. The molecule has 27 heavy (non-hydrogen) atoms. The Bertz CT molecular complexity index is 768. The predicted octanol–water partition coefficient (Wildman–Crippen LogP) is 3.54. The first-order valence-electron chi connectivity index (χ1n) is 10.9. The van der Waals surface area contributed by atoms with Crippen molar-refractivity contribution in [1.29, 1.82) is 0 Å². The molecule has 6 rings (SSSR count). The van der Waals surface area contributed by atoms with Crippen molar-refractivity contribution in [3.05, 3.63) is 23.3 Å². The van der Waals surface area contributed by atoms with Gasteiger partial charge in [0.25, 0.3) is 0 Å². The summed E-state index contributed by atoms with van der Waals surface area (Å²) in [7, 11) is 0. The number of hydrogen-bond donors (Lipinski definition) is 1. The zero-order chi connectivity index (χ0) is 18.4. The quantitative estimate of drug-likeness (QED) is 0.567. The first kappa shape index (κ1) is 16.8. The van der Waals surface area contributed by atoms with Crippen molar-refractivity contribution in [3.8, 4) is 0 Å². The average Bonchev–Trinajstić information content (AvgIpc) is 3.28. The first-order valence-corrected chi connectivity index (χ1v) is 10.9. The van der Waals surface area contributed by atoms with Crippen LogP contribution in [-0.4, -0.2) is 36.0 Å². The molecule has 1 spiro atoms. The zero-order valence-corrected chi connectivity index (χ0v) is 16.2. The summed E-state index contributed by atoms with van der Waals surface area (Å²) in [5, 5.41) is 10.2. The maximum atomic E-state index is 11.7. The molecule has 2 bridgehead atoms. The van der Waals surface area contributed by atoms with Gasteiger partial charge in [-0.2, -0.15) is 0 Å². The Morgan fingerprint density at radius 2 is 2.07 bits per heavy atom. The van der Waals surface area contributed by atoms with Gasteiger partial charge in [0, 0.05) is 11.5 Å². The van der Waals surface area contributed by atoms with Crippen molar-refractivity contribution < 1.29 is 19.4 Å². The summed E-state index contributed by atoms with van der Waals surface area (Å²) in [6.45, 7) is 3.77. The molecule has 0 unspecified atom stereocenters. The number of aliphatic hydroxyl groups excluding tert-OH is 1. The van der Waals surface area contributed by atoms with E-state index in [-0.39, 0.29) is 23.1 Å². The number of fused-ring (bicyclic) bond motifs is 1. The highest BCUT2D eigenvalue weighted by atomic mass is 16.5. The van der Waals surface area contributed by atoms with Crippen molar-refractivity contribution in [2.75, 3.05) is 13.2 Å². The number of aliphatic hydroxyl groups is 1. The second-order valence-corrected chi connectivity index (χ2v) is 10.3. The lowest BCUT2D eigenvalue weighted by molar-refractivity contribution is -0.135. The minimum Gasteiger partial charge on any atom is -0.458 e. The Hall–Kier alpha value is -1.13. The van der Waals surface area contributed by atoms with Crippen LogP contribution in [-0.2, 0) is 14.3 Å². The molecule has 4 aliphatic carbocycles. The van der Waals surface area contributed by atoms with Crippen molar-refractivity contribution >= 4 is 5.97 Å². The van der Waals surface area contributed by atoms with Crippen LogP contribution in [0.4, 0.5) is 0 Å². The van der Waals surface area contributed by atoms with Crippen molar-refractivity contribution in [2.24, 2.45) is 28.6 Å². The van der Waals surface area contributed by atoms with Crippen molar-refractivity contribution in [2.45, 2.75) is 70.0 Å². The number of esters is 1. The Balaban J connectivity index is 1.37. The van der Waals surface area contributed by atoms with E-state index in [1.54, 1.807) is 6.08 Å². The molecular formula is C23H30O4. The number of allylic oxidation sites excluding steroid dienone is 1. The van der Waals surface area contributed by atoms with E-state index < -0.39 is 0 Å². The van der Waals surface area contributed by atoms with Gasteiger partial charge in [-0.05, 0) is 85.7 Å². The van der Waals surface area contributed by atoms with Gasteiger partial charge in [0.1, 0.15) is 6.61 Å². The molecule has 4 heteroatoms. The molecule has 0 amide bonds. The van der Waals surface area contributed by atoms with Crippen molar-refractivity contribution in [1.82, 2.24) is 0 Å². The van der Waals surface area contributed by atoms with E-state index in [2.05, 4.69) is 13.0 Å². The number of ether oxygens (including phenoxy) is 2. The Kier molecular flexibility index (Phi) is 3.28. The maximum absolute atomic E-state index is 11.7. The van der Waals surface area contributed by atoms with E-state index in [0.29, 0.717) is 29.8 Å².